The van der Waals surface area contributed by atoms with Crippen LogP contribution < -0.4 is 5.32 Å². The van der Waals surface area contributed by atoms with E-state index in [-0.39, 0.29) is 12.3 Å². The first-order valence-corrected chi connectivity index (χ1v) is 25.9. The lowest BCUT2D eigenvalue weighted by atomic mass is 9.99. The van der Waals surface area contributed by atoms with Gasteiger partial charge in [-0.2, -0.15) is 0 Å². The molecule has 1 aliphatic rings. The fraction of sp³-hybridized carbons (Fsp3) is 0.941. The molecule has 1 fully saturated rings. The number of aliphatic hydroxyl groups excluding tert-OH is 6. The van der Waals surface area contributed by atoms with Crippen LogP contribution in [0.5, 0.6) is 0 Å². The lowest BCUT2D eigenvalue weighted by Gasteiger charge is -2.38. The Balaban J connectivity index is 2.31. The van der Waals surface area contributed by atoms with Crippen LogP contribution >= 0.6 is 0 Å². The summed E-state index contributed by atoms with van der Waals surface area (Å²) in [5, 5.41) is 64.7. The van der Waals surface area contributed by atoms with Crippen molar-refractivity contribution in [1.29, 1.82) is 0 Å². The number of ether oxygens (including phenoxy) is 2. The van der Waals surface area contributed by atoms with Crippen LogP contribution in [-0.2, 0) is 14.3 Å². The summed E-state index contributed by atoms with van der Waals surface area (Å²) in [7, 11) is 0. The molecule has 1 saturated heterocycles. The molecule has 1 amide bonds. The van der Waals surface area contributed by atoms with Gasteiger partial charge in [0.2, 0.25) is 12.2 Å². The largest absolute Gasteiger partial charge is 0.411 e. The SMILES string of the molecule is CCCCCCCCCCCCCCCCCCCCCCCCCC(=O)N[C@@H](C#CO[C@H]1O[C@H](CO)[C@H](O)[C@H](O)[C@H]1O)[C@H](O)[C@H](O)CCCCCCCCCCCCCC. The molecule has 0 aliphatic carbocycles. The van der Waals surface area contributed by atoms with Gasteiger partial charge in [-0.25, -0.2) is 0 Å². The number of carbonyl (C=O) groups excluding carboxylic acids is 1. The molecule has 10 nitrogen and oxygen atoms in total. The highest BCUT2D eigenvalue weighted by Gasteiger charge is 2.44. The summed E-state index contributed by atoms with van der Waals surface area (Å²) in [5.74, 6) is 2.37. The van der Waals surface area contributed by atoms with Crippen molar-refractivity contribution in [3.63, 3.8) is 0 Å². The molecule has 61 heavy (non-hydrogen) atoms. The molecule has 0 aromatic heterocycles. The fourth-order valence-electron chi connectivity index (χ4n) is 8.43. The Morgan fingerprint density at radius 2 is 0.902 bits per heavy atom. The molecule has 360 valence electrons. The molecule has 0 bridgehead atoms. The summed E-state index contributed by atoms with van der Waals surface area (Å²) in [4.78, 5) is 13.0. The second-order valence-corrected chi connectivity index (χ2v) is 18.4. The number of amides is 1. The third-order valence-corrected chi connectivity index (χ3v) is 12.7. The van der Waals surface area contributed by atoms with Crippen molar-refractivity contribution in [2.45, 2.75) is 300 Å². The first-order chi connectivity index (χ1) is 29.8. The zero-order valence-corrected chi connectivity index (χ0v) is 39.4. The van der Waals surface area contributed by atoms with E-state index in [0.717, 1.165) is 44.9 Å². The maximum Gasteiger partial charge on any atom is 0.239 e. The standard InChI is InChI=1S/C51H97NO9/c1-3-5-7-9-11-13-15-17-18-19-20-21-22-23-24-25-26-27-29-31-33-35-37-39-46(55)52-43(40-41-60-51-50(59)49(58)48(57)45(42-53)61-51)47(56)44(54)38-36-34-32-30-28-16-14-12-10-8-6-4-2/h43-45,47-51,53-54,56-59H,3-39,42H2,1-2H3,(H,52,55)/t43-,44+,45+,47-,48-,49-,50+,51-/m0/s1. The fourth-order valence-corrected chi connectivity index (χ4v) is 8.43. The maximum atomic E-state index is 13.0. The monoisotopic (exact) mass is 868 g/mol. The quantitative estimate of drug-likeness (QED) is 0.0233. The Morgan fingerprint density at radius 1 is 0.541 bits per heavy atom. The Morgan fingerprint density at radius 3 is 1.28 bits per heavy atom. The second-order valence-electron chi connectivity index (χ2n) is 18.4. The van der Waals surface area contributed by atoms with Crippen LogP contribution in [0.3, 0.4) is 0 Å². The highest BCUT2D eigenvalue weighted by molar-refractivity contribution is 5.76. The molecule has 0 aromatic rings. The van der Waals surface area contributed by atoms with Crippen LogP contribution in [0.1, 0.15) is 251 Å². The van der Waals surface area contributed by atoms with Crippen molar-refractivity contribution >= 4 is 5.91 Å². The van der Waals surface area contributed by atoms with Crippen molar-refractivity contribution in [3.05, 3.63) is 0 Å². The van der Waals surface area contributed by atoms with E-state index in [2.05, 4.69) is 31.2 Å². The van der Waals surface area contributed by atoms with E-state index in [1.165, 1.54) is 173 Å². The highest BCUT2D eigenvalue weighted by Crippen LogP contribution is 2.22. The van der Waals surface area contributed by atoms with Crippen LogP contribution in [-0.4, -0.2) is 92.1 Å². The van der Waals surface area contributed by atoms with E-state index in [0.29, 0.717) is 12.8 Å². The summed E-state index contributed by atoms with van der Waals surface area (Å²) >= 11 is 0. The number of unbranched alkanes of at least 4 members (excludes halogenated alkanes) is 33. The summed E-state index contributed by atoms with van der Waals surface area (Å²) in [6.45, 7) is 3.91. The summed E-state index contributed by atoms with van der Waals surface area (Å²) in [5.41, 5.74) is 0. The molecule has 1 heterocycles. The van der Waals surface area contributed by atoms with Crippen molar-refractivity contribution in [1.82, 2.24) is 5.32 Å². The number of carbonyl (C=O) groups is 1. The van der Waals surface area contributed by atoms with E-state index < -0.39 is 55.6 Å². The molecule has 7 N–H and O–H groups in total. The number of nitrogens with one attached hydrogen (secondary N) is 1. The first-order valence-electron chi connectivity index (χ1n) is 25.9. The summed E-state index contributed by atoms with van der Waals surface area (Å²) in [6.07, 6.45) is 37.4. The van der Waals surface area contributed by atoms with Crippen molar-refractivity contribution in [2.75, 3.05) is 6.61 Å². The molecule has 10 heteroatoms. The van der Waals surface area contributed by atoms with E-state index in [1.807, 2.05) is 0 Å². The zero-order valence-electron chi connectivity index (χ0n) is 39.4. The van der Waals surface area contributed by atoms with Gasteiger partial charge in [0, 0.05) is 6.42 Å². The minimum atomic E-state index is -1.64. The van der Waals surface area contributed by atoms with E-state index in [9.17, 15) is 35.4 Å². The van der Waals surface area contributed by atoms with Gasteiger partial charge >= 0.3 is 0 Å². The molecule has 0 aromatic carbocycles. The van der Waals surface area contributed by atoms with Gasteiger partial charge in [0.15, 0.2) is 0 Å². The van der Waals surface area contributed by atoms with E-state index in [1.54, 1.807) is 0 Å². The van der Waals surface area contributed by atoms with Crippen LogP contribution in [0.25, 0.3) is 0 Å². The van der Waals surface area contributed by atoms with Crippen LogP contribution in [0.4, 0.5) is 0 Å². The normalized spacial score (nSPS) is 20.5. The average Bonchev–Trinajstić information content (AvgIpc) is 3.26. The van der Waals surface area contributed by atoms with Crippen molar-refractivity contribution in [3.8, 4) is 12.0 Å². The van der Waals surface area contributed by atoms with E-state index in [4.69, 9.17) is 9.47 Å². The third-order valence-electron chi connectivity index (χ3n) is 12.7. The Labute approximate surface area is 374 Å². The minimum absolute atomic E-state index is 0.270. The molecular formula is C51H97NO9. The van der Waals surface area contributed by atoms with Crippen molar-refractivity contribution < 1.29 is 44.9 Å². The molecule has 1 rings (SSSR count). The molecule has 0 saturated carbocycles. The summed E-state index contributed by atoms with van der Waals surface area (Å²) in [6, 6.07) is -1.14. The highest BCUT2D eigenvalue weighted by atomic mass is 16.7. The molecule has 0 radical (unpaired) electrons. The maximum absolute atomic E-state index is 13.0. The minimum Gasteiger partial charge on any atom is -0.411 e. The second kappa shape index (κ2) is 41.3. The predicted molar refractivity (Wildman–Crippen MR) is 249 cm³/mol. The van der Waals surface area contributed by atoms with Gasteiger partial charge in [0.1, 0.15) is 42.7 Å². The van der Waals surface area contributed by atoms with E-state index >= 15 is 0 Å². The third kappa shape index (κ3) is 31.1. The first kappa shape index (κ1) is 57.6. The van der Waals surface area contributed by atoms with Gasteiger partial charge in [-0.15, -0.1) is 0 Å². The number of rotatable bonds is 42. The van der Waals surface area contributed by atoms with Crippen LogP contribution in [0.15, 0.2) is 0 Å². The number of hydrogen-bond donors (Lipinski definition) is 7. The van der Waals surface area contributed by atoms with Gasteiger partial charge in [-0.3, -0.25) is 4.79 Å². The van der Waals surface area contributed by atoms with Gasteiger partial charge in [0.25, 0.3) is 0 Å². The van der Waals surface area contributed by atoms with Gasteiger partial charge in [-0.1, -0.05) is 232 Å². The predicted octanol–water partition coefficient (Wildman–Crippen LogP) is 10.4. The average molecular weight is 868 g/mol. The molecular weight excluding hydrogens is 771 g/mol. The lowest BCUT2D eigenvalue weighted by molar-refractivity contribution is -0.284. The van der Waals surface area contributed by atoms with Gasteiger partial charge in [-0.05, 0) is 18.8 Å². The van der Waals surface area contributed by atoms with Gasteiger partial charge in [0.05, 0.1) is 12.7 Å². The van der Waals surface area contributed by atoms with Crippen LogP contribution in [0.2, 0.25) is 0 Å². The smallest absolute Gasteiger partial charge is 0.239 e. The molecule has 8 atom stereocenters. The molecule has 0 spiro atoms. The number of hydrogen-bond acceptors (Lipinski definition) is 9. The zero-order chi connectivity index (χ0) is 44.6. The molecule has 1 aliphatic heterocycles. The summed E-state index contributed by atoms with van der Waals surface area (Å²) < 4.78 is 10.7. The Bertz CT molecular complexity index is 1040. The Kier molecular flexibility index (Phi) is 38.9. The van der Waals surface area contributed by atoms with Crippen molar-refractivity contribution in [2.24, 2.45) is 0 Å². The lowest BCUT2D eigenvalue weighted by Crippen LogP contribution is -2.58. The number of aliphatic hydroxyl groups is 6. The van der Waals surface area contributed by atoms with Crippen LogP contribution in [0, 0.1) is 12.0 Å². The topological polar surface area (TPSA) is 169 Å². The Hall–Kier alpha value is -1.45. The molecule has 0 unspecified atom stereocenters. The van der Waals surface area contributed by atoms with Gasteiger partial charge < -0.3 is 45.4 Å².